The zero-order valence-corrected chi connectivity index (χ0v) is 17.8. The minimum atomic E-state index is -1.10. The standard InChI is InChI=1S/C18H21N3O7Se/c1-10(22)25-9-14-16(26-11(2)23)17(27-12(3)24)15(20-21-19)18(28-14)29-13-7-5-4-6-8-13/h4-8,14-18H,9H2,1-3H3/t14-,15-,16+,17-,18-/m0/s1. The number of hydrogen-bond donors (Lipinski definition) is 0. The van der Waals surface area contributed by atoms with Gasteiger partial charge >= 0.3 is 173 Å². The van der Waals surface area contributed by atoms with Crippen molar-refractivity contribution in [3.63, 3.8) is 0 Å². The molecule has 1 heterocycles. The Hall–Kier alpha value is -2.58. The second-order valence-corrected chi connectivity index (χ2v) is 8.58. The predicted molar refractivity (Wildman–Crippen MR) is 101 cm³/mol. The van der Waals surface area contributed by atoms with Gasteiger partial charge in [-0.05, 0) is 0 Å². The van der Waals surface area contributed by atoms with Crippen LogP contribution in [-0.2, 0) is 33.3 Å². The van der Waals surface area contributed by atoms with Crippen molar-refractivity contribution < 1.29 is 33.3 Å². The van der Waals surface area contributed by atoms with E-state index in [1.54, 1.807) is 0 Å². The molecule has 1 aliphatic rings. The molecule has 11 heteroatoms. The van der Waals surface area contributed by atoms with Crippen molar-refractivity contribution in [1.82, 2.24) is 0 Å². The van der Waals surface area contributed by atoms with Gasteiger partial charge in [-0.15, -0.1) is 0 Å². The van der Waals surface area contributed by atoms with E-state index in [0.29, 0.717) is 0 Å². The molecule has 0 N–H and O–H groups in total. The van der Waals surface area contributed by atoms with Crippen LogP contribution in [0.3, 0.4) is 0 Å². The molecule has 156 valence electrons. The molecule has 1 fully saturated rings. The molecule has 29 heavy (non-hydrogen) atoms. The number of benzene rings is 1. The van der Waals surface area contributed by atoms with Gasteiger partial charge in [0.05, 0.1) is 0 Å². The van der Waals surface area contributed by atoms with E-state index in [2.05, 4.69) is 10.0 Å². The van der Waals surface area contributed by atoms with Crippen LogP contribution in [0, 0.1) is 0 Å². The molecule has 0 radical (unpaired) electrons. The van der Waals surface area contributed by atoms with E-state index >= 15 is 0 Å². The van der Waals surface area contributed by atoms with E-state index in [-0.39, 0.29) is 21.6 Å². The Labute approximate surface area is 173 Å². The molecular weight excluding hydrogens is 449 g/mol. The average Bonchev–Trinajstić information content (AvgIpc) is 2.65. The first-order valence-corrected chi connectivity index (χ1v) is 10.6. The Morgan fingerprint density at radius 1 is 1.07 bits per heavy atom. The van der Waals surface area contributed by atoms with Gasteiger partial charge in [-0.1, -0.05) is 0 Å². The molecule has 0 aliphatic carbocycles. The molecule has 0 aromatic heterocycles. The third-order valence-electron chi connectivity index (χ3n) is 3.85. The van der Waals surface area contributed by atoms with E-state index in [4.69, 9.17) is 24.5 Å². The number of carbonyl (C=O) groups is 3. The van der Waals surface area contributed by atoms with Gasteiger partial charge in [0.2, 0.25) is 0 Å². The van der Waals surface area contributed by atoms with Gasteiger partial charge in [-0.25, -0.2) is 0 Å². The summed E-state index contributed by atoms with van der Waals surface area (Å²) in [5.41, 5.74) is 9.06. The van der Waals surface area contributed by atoms with Crippen molar-refractivity contribution in [2.24, 2.45) is 5.11 Å². The molecule has 5 atom stereocenters. The molecule has 1 aliphatic heterocycles. The molecule has 0 spiro atoms. The Balaban J connectivity index is 2.41. The number of azide groups is 1. The molecule has 10 nitrogen and oxygen atoms in total. The Kier molecular flexibility index (Phi) is 8.48. The van der Waals surface area contributed by atoms with Crippen molar-refractivity contribution in [3.05, 3.63) is 40.8 Å². The van der Waals surface area contributed by atoms with Crippen LogP contribution in [0.5, 0.6) is 0 Å². The summed E-state index contributed by atoms with van der Waals surface area (Å²) < 4.78 is 22.8. The number of hydrogen-bond acceptors (Lipinski definition) is 8. The van der Waals surface area contributed by atoms with E-state index in [9.17, 15) is 14.4 Å². The van der Waals surface area contributed by atoms with E-state index in [0.717, 1.165) is 4.46 Å². The van der Waals surface area contributed by atoms with Crippen LogP contribution in [0.4, 0.5) is 0 Å². The van der Waals surface area contributed by atoms with Crippen LogP contribution in [-0.4, -0.2) is 68.8 Å². The van der Waals surface area contributed by atoms with Crippen LogP contribution in [0.1, 0.15) is 20.8 Å². The van der Waals surface area contributed by atoms with Crippen LogP contribution in [0.2, 0.25) is 0 Å². The number of carbonyl (C=O) groups excluding carboxylic acids is 3. The summed E-state index contributed by atoms with van der Waals surface area (Å²) in [6, 6.07) is 8.47. The van der Waals surface area contributed by atoms with E-state index in [1.807, 2.05) is 30.3 Å². The average molecular weight is 470 g/mol. The van der Waals surface area contributed by atoms with Gasteiger partial charge < -0.3 is 0 Å². The first-order valence-electron chi connectivity index (χ1n) is 8.71. The molecule has 1 saturated heterocycles. The summed E-state index contributed by atoms with van der Waals surface area (Å²) in [6.07, 6.45) is -3.08. The summed E-state index contributed by atoms with van der Waals surface area (Å²) in [7, 11) is 0. The van der Waals surface area contributed by atoms with Crippen molar-refractivity contribution in [1.29, 1.82) is 0 Å². The normalized spacial score (nSPS) is 26.0. The number of rotatable bonds is 7. The fourth-order valence-electron chi connectivity index (χ4n) is 2.80. The second-order valence-electron chi connectivity index (χ2n) is 6.12. The molecule has 0 saturated carbocycles. The SMILES string of the molecule is CC(=O)OC[C@@H]1O[C@@H]([Se]c2ccccc2)[C@@H](N=[N+]=[N-])[C@H](OC(C)=O)[C@@H]1OC(C)=O. The topological polar surface area (TPSA) is 137 Å². The predicted octanol–water partition coefficient (Wildman–Crippen LogP) is 0.846. The summed E-state index contributed by atoms with van der Waals surface area (Å²) in [5.74, 6) is -1.82. The summed E-state index contributed by atoms with van der Waals surface area (Å²) in [5, 5.41) is 3.14. The molecule has 0 bridgehead atoms. The van der Waals surface area contributed by atoms with Crippen LogP contribution >= 0.6 is 0 Å². The van der Waals surface area contributed by atoms with Crippen LogP contribution < -0.4 is 4.46 Å². The molecule has 2 rings (SSSR count). The first kappa shape index (κ1) is 22.7. The van der Waals surface area contributed by atoms with Crippen LogP contribution in [0.25, 0.3) is 10.4 Å². The molecular formula is C18H21N3O7Se. The number of esters is 3. The summed E-state index contributed by atoms with van der Waals surface area (Å²) in [4.78, 5) is 37.5. The third-order valence-corrected chi connectivity index (χ3v) is 6.30. The fourth-order valence-corrected chi connectivity index (χ4v) is 5.17. The fraction of sp³-hybridized carbons (Fsp3) is 0.500. The zero-order valence-electron chi connectivity index (χ0n) is 16.1. The summed E-state index contributed by atoms with van der Waals surface area (Å²) >= 11 is -0.339. The number of nitrogens with zero attached hydrogens (tertiary/aromatic N) is 3. The maximum absolute atomic E-state index is 11.7. The van der Waals surface area contributed by atoms with Gasteiger partial charge in [-0.2, -0.15) is 0 Å². The van der Waals surface area contributed by atoms with Crippen molar-refractivity contribution in [2.45, 2.75) is 50.1 Å². The molecule has 1 aromatic rings. The quantitative estimate of drug-likeness (QED) is 0.144. The van der Waals surface area contributed by atoms with Gasteiger partial charge in [-0.3, -0.25) is 0 Å². The Morgan fingerprint density at radius 3 is 2.24 bits per heavy atom. The van der Waals surface area contributed by atoms with E-state index < -0.39 is 47.3 Å². The third kappa shape index (κ3) is 6.76. The van der Waals surface area contributed by atoms with Gasteiger partial charge in [0, 0.05) is 0 Å². The Morgan fingerprint density at radius 2 is 1.69 bits per heavy atom. The maximum atomic E-state index is 11.7. The van der Waals surface area contributed by atoms with Gasteiger partial charge in [0.25, 0.3) is 0 Å². The van der Waals surface area contributed by atoms with Crippen molar-refractivity contribution in [2.75, 3.05) is 6.61 Å². The van der Waals surface area contributed by atoms with E-state index in [1.165, 1.54) is 20.8 Å². The van der Waals surface area contributed by atoms with Gasteiger partial charge in [0.15, 0.2) is 0 Å². The molecule has 0 unspecified atom stereocenters. The second kappa shape index (κ2) is 10.8. The number of ether oxygens (including phenoxy) is 4. The Bertz CT molecular complexity index is 785. The van der Waals surface area contributed by atoms with Crippen LogP contribution in [0.15, 0.2) is 35.4 Å². The van der Waals surface area contributed by atoms with Crippen molar-refractivity contribution >= 4 is 37.3 Å². The first-order chi connectivity index (χ1) is 13.8. The zero-order chi connectivity index (χ0) is 21.4. The summed E-state index contributed by atoms with van der Waals surface area (Å²) in [6.45, 7) is 3.42. The monoisotopic (exact) mass is 471 g/mol. The molecule has 0 amide bonds. The van der Waals surface area contributed by atoms with Gasteiger partial charge in [0.1, 0.15) is 0 Å². The molecule has 1 aromatic carbocycles. The van der Waals surface area contributed by atoms with Crippen molar-refractivity contribution in [3.8, 4) is 0 Å². The minimum absolute atomic E-state index is 0.213.